The van der Waals surface area contributed by atoms with Crippen molar-refractivity contribution < 1.29 is 13.9 Å². The summed E-state index contributed by atoms with van der Waals surface area (Å²) in [5.74, 6) is -0.515. The first-order chi connectivity index (χ1) is 12.2. The summed E-state index contributed by atoms with van der Waals surface area (Å²) in [6, 6.07) is 6.52. The van der Waals surface area contributed by atoms with Crippen LogP contribution in [0.25, 0.3) is 0 Å². The summed E-state index contributed by atoms with van der Waals surface area (Å²) in [5, 5.41) is 9.87. The molecule has 0 bridgehead atoms. The van der Waals surface area contributed by atoms with Gasteiger partial charge in [-0.15, -0.1) is 0 Å². The summed E-state index contributed by atoms with van der Waals surface area (Å²) < 4.78 is 21.4. The Morgan fingerprint density at radius 3 is 3.08 bits per heavy atom. The number of carbonyl (C=O) groups is 1. The van der Waals surface area contributed by atoms with Crippen molar-refractivity contribution in [2.75, 3.05) is 23.8 Å². The van der Waals surface area contributed by atoms with Gasteiger partial charge in [0.2, 0.25) is 5.91 Å². The van der Waals surface area contributed by atoms with Gasteiger partial charge in [0.15, 0.2) is 0 Å². The van der Waals surface area contributed by atoms with Gasteiger partial charge in [-0.25, -0.2) is 4.39 Å². The largest absolute Gasteiger partial charge is 0.380 e. The number of nitrogens with zero attached hydrogens (tertiary/aromatic N) is 2. The Kier molecular flexibility index (Phi) is 6.00. The molecule has 1 saturated heterocycles. The number of benzene rings is 1. The van der Waals surface area contributed by atoms with Crippen LogP contribution < -0.4 is 10.6 Å². The molecule has 7 heteroatoms. The predicted molar refractivity (Wildman–Crippen MR) is 94.0 cm³/mol. The van der Waals surface area contributed by atoms with E-state index in [1.165, 1.54) is 6.07 Å². The fraction of sp³-hybridized carbons (Fsp3) is 0.444. The van der Waals surface area contributed by atoms with Gasteiger partial charge in [0, 0.05) is 44.2 Å². The van der Waals surface area contributed by atoms with Crippen LogP contribution in [0.3, 0.4) is 0 Å². The van der Waals surface area contributed by atoms with Gasteiger partial charge in [-0.05, 0) is 43.5 Å². The first-order valence-corrected chi connectivity index (χ1v) is 8.63. The van der Waals surface area contributed by atoms with E-state index in [4.69, 9.17) is 4.74 Å². The monoisotopic (exact) mass is 346 g/mol. The summed E-state index contributed by atoms with van der Waals surface area (Å²) in [6.07, 6.45) is 6.81. The second-order valence-electron chi connectivity index (χ2n) is 6.13. The number of rotatable bonds is 8. The lowest BCUT2D eigenvalue weighted by atomic mass is 10.2. The number of ether oxygens (including phenoxy) is 1. The van der Waals surface area contributed by atoms with Gasteiger partial charge in [0.05, 0.1) is 11.8 Å². The Hall–Kier alpha value is -2.41. The van der Waals surface area contributed by atoms with E-state index >= 15 is 0 Å². The lowest BCUT2D eigenvalue weighted by molar-refractivity contribution is -0.116. The van der Waals surface area contributed by atoms with E-state index in [9.17, 15) is 9.18 Å². The molecule has 1 aliphatic heterocycles. The molecule has 1 aromatic heterocycles. The summed E-state index contributed by atoms with van der Waals surface area (Å²) in [5.41, 5.74) is 0.886. The minimum Gasteiger partial charge on any atom is -0.380 e. The van der Waals surface area contributed by atoms with E-state index in [2.05, 4.69) is 15.7 Å². The average molecular weight is 346 g/mol. The van der Waals surface area contributed by atoms with Crippen LogP contribution in [0.4, 0.5) is 15.8 Å². The van der Waals surface area contributed by atoms with Crippen molar-refractivity contribution in [2.45, 2.75) is 38.3 Å². The summed E-state index contributed by atoms with van der Waals surface area (Å²) in [7, 11) is 0. The number of carbonyl (C=O) groups excluding carboxylic acids is 1. The molecule has 1 unspecified atom stereocenters. The van der Waals surface area contributed by atoms with Crippen molar-refractivity contribution in [1.29, 1.82) is 0 Å². The van der Waals surface area contributed by atoms with E-state index in [-0.39, 0.29) is 17.8 Å². The van der Waals surface area contributed by atoms with Crippen LogP contribution in [0.2, 0.25) is 0 Å². The molecule has 3 rings (SSSR count). The molecule has 2 heterocycles. The van der Waals surface area contributed by atoms with Crippen molar-refractivity contribution >= 4 is 17.3 Å². The van der Waals surface area contributed by atoms with Crippen molar-refractivity contribution in [2.24, 2.45) is 0 Å². The van der Waals surface area contributed by atoms with Crippen molar-refractivity contribution in [3.8, 4) is 0 Å². The zero-order valence-electron chi connectivity index (χ0n) is 14.1. The third kappa shape index (κ3) is 5.29. The Morgan fingerprint density at radius 2 is 2.36 bits per heavy atom. The van der Waals surface area contributed by atoms with Crippen molar-refractivity contribution in [1.82, 2.24) is 9.78 Å². The number of amides is 1. The molecule has 134 valence electrons. The van der Waals surface area contributed by atoms with Gasteiger partial charge in [0.25, 0.3) is 0 Å². The third-order valence-electron chi connectivity index (χ3n) is 4.15. The molecule has 2 N–H and O–H groups in total. The molecule has 6 nitrogen and oxygen atoms in total. The molecule has 1 atom stereocenters. The number of aromatic nitrogens is 2. The van der Waals surface area contributed by atoms with E-state index < -0.39 is 0 Å². The van der Waals surface area contributed by atoms with Crippen LogP contribution >= 0.6 is 0 Å². The molecule has 2 aromatic rings. The molecule has 1 amide bonds. The summed E-state index contributed by atoms with van der Waals surface area (Å²) >= 11 is 0. The molecule has 25 heavy (non-hydrogen) atoms. The first kappa shape index (κ1) is 17.4. The molecule has 1 aromatic carbocycles. The zero-order valence-corrected chi connectivity index (χ0v) is 14.1. The van der Waals surface area contributed by atoms with Gasteiger partial charge in [-0.1, -0.05) is 0 Å². The highest BCUT2D eigenvalue weighted by Crippen LogP contribution is 2.20. The molecule has 1 fully saturated rings. The lowest BCUT2D eigenvalue weighted by Crippen LogP contribution is -2.19. The van der Waals surface area contributed by atoms with Crippen LogP contribution in [0.5, 0.6) is 0 Å². The lowest BCUT2D eigenvalue weighted by Gasteiger charge is -2.13. The van der Waals surface area contributed by atoms with Crippen molar-refractivity contribution in [3.63, 3.8) is 0 Å². The summed E-state index contributed by atoms with van der Waals surface area (Å²) in [6.45, 7) is 2.05. The SMILES string of the molecule is O=C(CCCn1cccn1)Nc1ccc(NCC2CCCO2)c(F)c1. The van der Waals surface area contributed by atoms with E-state index in [0.717, 1.165) is 19.4 Å². The van der Waals surface area contributed by atoms with E-state index in [1.54, 1.807) is 23.0 Å². The standard InChI is InChI=1S/C18H23FN4O2/c19-16-12-14(6-7-17(16)20-13-15-4-2-11-25-15)22-18(24)5-1-9-23-10-3-8-21-23/h3,6-8,10,12,15,20H,1-2,4-5,9,11,13H2,(H,22,24). The maximum atomic E-state index is 14.1. The molecule has 0 aliphatic carbocycles. The van der Waals surface area contributed by atoms with Gasteiger partial charge in [-0.2, -0.15) is 5.10 Å². The molecule has 0 saturated carbocycles. The van der Waals surface area contributed by atoms with E-state index in [0.29, 0.717) is 37.3 Å². The van der Waals surface area contributed by atoms with Crippen molar-refractivity contribution in [3.05, 3.63) is 42.5 Å². The third-order valence-corrected chi connectivity index (χ3v) is 4.15. The maximum Gasteiger partial charge on any atom is 0.224 e. The molecular formula is C18H23FN4O2. The van der Waals surface area contributed by atoms with Gasteiger partial charge in [0.1, 0.15) is 5.82 Å². The normalized spacial score (nSPS) is 16.8. The molecule has 0 spiro atoms. The van der Waals surface area contributed by atoms with Gasteiger partial charge in [-0.3, -0.25) is 9.48 Å². The van der Waals surface area contributed by atoms with Crippen LogP contribution in [0, 0.1) is 5.82 Å². The number of nitrogens with one attached hydrogen (secondary N) is 2. The fourth-order valence-corrected chi connectivity index (χ4v) is 2.82. The Balaban J connectivity index is 1.43. The van der Waals surface area contributed by atoms with Gasteiger partial charge < -0.3 is 15.4 Å². The number of hydrogen-bond acceptors (Lipinski definition) is 4. The fourth-order valence-electron chi connectivity index (χ4n) is 2.82. The Bertz CT molecular complexity index is 684. The molecular weight excluding hydrogens is 323 g/mol. The van der Waals surface area contributed by atoms with Crippen LogP contribution in [-0.2, 0) is 16.1 Å². The van der Waals surface area contributed by atoms with E-state index in [1.807, 2.05) is 12.3 Å². The predicted octanol–water partition coefficient (Wildman–Crippen LogP) is 3.03. The smallest absolute Gasteiger partial charge is 0.224 e. The number of aryl methyl sites for hydroxylation is 1. The second-order valence-corrected chi connectivity index (χ2v) is 6.13. The van der Waals surface area contributed by atoms with Gasteiger partial charge >= 0.3 is 0 Å². The topological polar surface area (TPSA) is 68.2 Å². The number of anilines is 2. The first-order valence-electron chi connectivity index (χ1n) is 8.63. The number of hydrogen-bond donors (Lipinski definition) is 2. The Morgan fingerprint density at radius 1 is 1.44 bits per heavy atom. The zero-order chi connectivity index (χ0) is 17.5. The van der Waals surface area contributed by atoms with Crippen LogP contribution in [-0.4, -0.2) is 34.9 Å². The highest BCUT2D eigenvalue weighted by molar-refractivity contribution is 5.90. The quantitative estimate of drug-likeness (QED) is 0.771. The second kappa shape index (κ2) is 8.62. The minimum absolute atomic E-state index is 0.133. The highest BCUT2D eigenvalue weighted by atomic mass is 19.1. The van der Waals surface area contributed by atoms with Crippen LogP contribution in [0.15, 0.2) is 36.7 Å². The minimum atomic E-state index is -0.382. The highest BCUT2D eigenvalue weighted by Gasteiger charge is 2.15. The molecule has 0 radical (unpaired) electrons. The van der Waals surface area contributed by atoms with Crippen LogP contribution in [0.1, 0.15) is 25.7 Å². The maximum absolute atomic E-state index is 14.1. The average Bonchev–Trinajstić information content (AvgIpc) is 3.27. The summed E-state index contributed by atoms with van der Waals surface area (Å²) in [4.78, 5) is 11.9. The Labute approximate surface area is 146 Å². The number of halogens is 1. The molecule has 1 aliphatic rings.